The van der Waals surface area contributed by atoms with Crippen molar-refractivity contribution in [3.63, 3.8) is 0 Å². The van der Waals surface area contributed by atoms with Crippen LogP contribution >= 0.6 is 0 Å². The highest BCUT2D eigenvalue weighted by atomic mass is 16.5. The van der Waals surface area contributed by atoms with Crippen molar-refractivity contribution in [3.05, 3.63) is 35.9 Å². The Hall–Kier alpha value is -2.08. The van der Waals surface area contributed by atoms with Crippen LogP contribution in [0.2, 0.25) is 0 Å². The van der Waals surface area contributed by atoms with Crippen LogP contribution in [0, 0.1) is 0 Å². The number of benzene rings is 1. The molecule has 0 saturated carbocycles. The summed E-state index contributed by atoms with van der Waals surface area (Å²) in [5.41, 5.74) is 0.681. The number of methoxy groups -OCH3 is 1. The number of nitrogens with zero attached hydrogens (tertiary/aromatic N) is 1. The first-order valence-electron chi connectivity index (χ1n) is 7.62. The molecule has 122 valence electrons. The van der Waals surface area contributed by atoms with Crippen LogP contribution < -0.4 is 16.0 Å². The first kappa shape index (κ1) is 18.0. The minimum Gasteiger partial charge on any atom is -0.383 e. The van der Waals surface area contributed by atoms with Crippen molar-refractivity contribution >= 4 is 11.9 Å². The molecule has 0 radical (unpaired) electrons. The topological polar surface area (TPSA) is 74.8 Å². The average Bonchev–Trinajstić information content (AvgIpc) is 2.55. The van der Waals surface area contributed by atoms with Gasteiger partial charge in [0.1, 0.15) is 0 Å². The van der Waals surface area contributed by atoms with Crippen LogP contribution in [0.15, 0.2) is 35.3 Å². The van der Waals surface area contributed by atoms with Crippen molar-refractivity contribution < 1.29 is 9.53 Å². The lowest BCUT2D eigenvalue weighted by Crippen LogP contribution is -2.39. The van der Waals surface area contributed by atoms with E-state index in [1.807, 2.05) is 25.1 Å². The van der Waals surface area contributed by atoms with Crippen LogP contribution in [0.1, 0.15) is 23.7 Å². The first-order chi connectivity index (χ1) is 10.8. The Morgan fingerprint density at radius 1 is 1.14 bits per heavy atom. The van der Waals surface area contributed by atoms with E-state index in [9.17, 15) is 4.79 Å². The largest absolute Gasteiger partial charge is 0.383 e. The van der Waals surface area contributed by atoms with Gasteiger partial charge in [0.25, 0.3) is 5.91 Å². The average molecular weight is 306 g/mol. The van der Waals surface area contributed by atoms with Gasteiger partial charge in [0.2, 0.25) is 0 Å². The molecule has 0 spiro atoms. The van der Waals surface area contributed by atoms with Crippen LogP contribution in [0.3, 0.4) is 0 Å². The number of carbonyl (C=O) groups is 1. The third kappa shape index (κ3) is 7.64. The maximum absolute atomic E-state index is 11.8. The summed E-state index contributed by atoms with van der Waals surface area (Å²) in [5.74, 6) is 0.726. The second-order valence-electron chi connectivity index (χ2n) is 4.66. The second-order valence-corrected chi connectivity index (χ2v) is 4.66. The maximum atomic E-state index is 11.8. The molecule has 0 fully saturated rings. The highest BCUT2D eigenvalue weighted by molar-refractivity contribution is 5.94. The van der Waals surface area contributed by atoms with Gasteiger partial charge in [0, 0.05) is 38.9 Å². The summed E-state index contributed by atoms with van der Waals surface area (Å²) in [7, 11) is 1.67. The van der Waals surface area contributed by atoms with Gasteiger partial charge in [0.05, 0.1) is 6.61 Å². The van der Waals surface area contributed by atoms with E-state index in [1.165, 1.54) is 0 Å². The lowest BCUT2D eigenvalue weighted by Gasteiger charge is -2.10. The molecule has 1 rings (SSSR count). The number of hydrogen-bond acceptors (Lipinski definition) is 3. The van der Waals surface area contributed by atoms with E-state index in [4.69, 9.17) is 4.74 Å². The molecular formula is C16H26N4O2. The molecule has 0 unspecified atom stereocenters. The third-order valence-electron chi connectivity index (χ3n) is 2.87. The molecule has 0 saturated heterocycles. The fourth-order valence-electron chi connectivity index (χ4n) is 1.78. The quantitative estimate of drug-likeness (QED) is 0.362. The van der Waals surface area contributed by atoms with Crippen LogP contribution in [0.5, 0.6) is 0 Å². The highest BCUT2D eigenvalue weighted by Gasteiger charge is 2.02. The Labute approximate surface area is 132 Å². The number of carbonyl (C=O) groups excluding carboxylic acids is 1. The van der Waals surface area contributed by atoms with Crippen molar-refractivity contribution in [2.75, 3.05) is 39.9 Å². The number of amides is 1. The predicted molar refractivity (Wildman–Crippen MR) is 89.2 cm³/mol. The molecule has 0 atom stereocenters. The Morgan fingerprint density at radius 3 is 2.59 bits per heavy atom. The van der Waals surface area contributed by atoms with Gasteiger partial charge in [-0.15, -0.1) is 0 Å². The standard InChI is InChI=1S/C16H26N4O2/c1-3-17-16(20-12-13-22-2)19-11-7-10-18-15(21)14-8-5-4-6-9-14/h4-6,8-9H,3,7,10-13H2,1-2H3,(H,18,21)(H2,17,19,20). The van der Waals surface area contributed by atoms with Crippen molar-refractivity contribution in [2.24, 2.45) is 4.99 Å². The molecule has 0 heterocycles. The molecule has 0 bridgehead atoms. The van der Waals surface area contributed by atoms with Gasteiger partial charge in [-0.25, -0.2) is 0 Å². The summed E-state index contributed by atoms with van der Waals surface area (Å²) in [6, 6.07) is 9.21. The zero-order valence-electron chi connectivity index (χ0n) is 13.4. The lowest BCUT2D eigenvalue weighted by atomic mass is 10.2. The first-order valence-corrected chi connectivity index (χ1v) is 7.62. The van der Waals surface area contributed by atoms with E-state index in [2.05, 4.69) is 20.9 Å². The Morgan fingerprint density at radius 2 is 1.91 bits per heavy atom. The zero-order chi connectivity index (χ0) is 16.0. The van der Waals surface area contributed by atoms with E-state index in [0.29, 0.717) is 31.8 Å². The summed E-state index contributed by atoms with van der Waals surface area (Å²) >= 11 is 0. The van der Waals surface area contributed by atoms with Crippen LogP contribution in [-0.2, 0) is 4.74 Å². The lowest BCUT2D eigenvalue weighted by molar-refractivity contribution is 0.0953. The number of nitrogens with one attached hydrogen (secondary N) is 3. The summed E-state index contributed by atoms with van der Waals surface area (Å²) in [5, 5.41) is 9.22. The molecule has 22 heavy (non-hydrogen) atoms. The molecule has 6 nitrogen and oxygen atoms in total. The predicted octanol–water partition coefficient (Wildman–Crippen LogP) is 1.01. The highest BCUT2D eigenvalue weighted by Crippen LogP contribution is 1.97. The molecule has 6 heteroatoms. The van der Waals surface area contributed by atoms with Gasteiger partial charge >= 0.3 is 0 Å². The molecule has 0 aliphatic heterocycles. The number of guanidine groups is 1. The van der Waals surface area contributed by atoms with Gasteiger partial charge < -0.3 is 20.7 Å². The molecule has 1 amide bonds. The fraction of sp³-hybridized carbons (Fsp3) is 0.500. The molecule has 3 N–H and O–H groups in total. The number of aliphatic imine (C=N–C) groups is 1. The normalized spacial score (nSPS) is 11.1. The number of rotatable bonds is 9. The third-order valence-corrected chi connectivity index (χ3v) is 2.87. The molecule has 0 aliphatic carbocycles. The van der Waals surface area contributed by atoms with Crippen molar-refractivity contribution in [1.29, 1.82) is 0 Å². The molecule has 0 aromatic heterocycles. The van der Waals surface area contributed by atoms with Gasteiger partial charge in [-0.3, -0.25) is 9.79 Å². The summed E-state index contributed by atoms with van der Waals surface area (Å²) in [6.45, 7) is 5.44. The van der Waals surface area contributed by atoms with Gasteiger partial charge in [-0.05, 0) is 25.5 Å². The van der Waals surface area contributed by atoms with Crippen molar-refractivity contribution in [3.8, 4) is 0 Å². The van der Waals surface area contributed by atoms with Crippen LogP contribution in [0.4, 0.5) is 0 Å². The monoisotopic (exact) mass is 306 g/mol. The number of hydrogen-bond donors (Lipinski definition) is 3. The minimum absolute atomic E-state index is 0.0466. The fourth-order valence-corrected chi connectivity index (χ4v) is 1.78. The summed E-state index contributed by atoms with van der Waals surface area (Å²) in [4.78, 5) is 16.3. The Bertz CT molecular complexity index is 449. The summed E-state index contributed by atoms with van der Waals surface area (Å²) < 4.78 is 4.99. The Balaban J connectivity index is 2.23. The van der Waals surface area contributed by atoms with Crippen LogP contribution in [0.25, 0.3) is 0 Å². The number of ether oxygens (including phenoxy) is 1. The van der Waals surface area contributed by atoms with Crippen molar-refractivity contribution in [2.45, 2.75) is 13.3 Å². The molecule has 1 aromatic carbocycles. The SMILES string of the molecule is CCNC(=NCCCNC(=O)c1ccccc1)NCCOC. The van der Waals surface area contributed by atoms with Gasteiger partial charge in [-0.2, -0.15) is 0 Å². The van der Waals surface area contributed by atoms with E-state index in [1.54, 1.807) is 19.2 Å². The van der Waals surface area contributed by atoms with Crippen LogP contribution in [-0.4, -0.2) is 51.8 Å². The Kier molecular flexibility index (Phi) is 9.45. The zero-order valence-corrected chi connectivity index (χ0v) is 13.4. The molecule has 0 aliphatic rings. The molecular weight excluding hydrogens is 280 g/mol. The van der Waals surface area contributed by atoms with Gasteiger partial charge in [-0.1, -0.05) is 18.2 Å². The van der Waals surface area contributed by atoms with E-state index >= 15 is 0 Å². The van der Waals surface area contributed by atoms with Crippen molar-refractivity contribution in [1.82, 2.24) is 16.0 Å². The second kappa shape index (κ2) is 11.6. The van der Waals surface area contributed by atoms with Gasteiger partial charge in [0.15, 0.2) is 5.96 Å². The minimum atomic E-state index is -0.0466. The van der Waals surface area contributed by atoms with E-state index in [0.717, 1.165) is 18.9 Å². The summed E-state index contributed by atoms with van der Waals surface area (Å²) in [6.07, 6.45) is 0.791. The van der Waals surface area contributed by atoms with E-state index < -0.39 is 0 Å². The van der Waals surface area contributed by atoms with E-state index in [-0.39, 0.29) is 5.91 Å². The molecule has 1 aromatic rings. The maximum Gasteiger partial charge on any atom is 0.251 e. The smallest absolute Gasteiger partial charge is 0.251 e.